The SMILES string of the molecule is COc1cccc(N2CCN(C[C@H]3C(=O)O[C@@H]4C[C@@]5(C)CCC[C@H](C)[C@@]56O[C@H]6[C@@H]43)C[C@@H]2C)c1. The number of fused-ring (bicyclic) bond motifs is 2. The van der Waals surface area contributed by atoms with Crippen molar-refractivity contribution < 1.29 is 19.0 Å². The first kappa shape index (κ1) is 21.7. The number of hydrogen-bond donors (Lipinski definition) is 0. The van der Waals surface area contributed by atoms with Gasteiger partial charge in [-0.05, 0) is 44.2 Å². The lowest BCUT2D eigenvalue weighted by molar-refractivity contribution is -0.146. The van der Waals surface area contributed by atoms with Crippen molar-refractivity contribution in [1.82, 2.24) is 4.90 Å². The number of piperazine rings is 1. The molecule has 3 aliphatic heterocycles. The summed E-state index contributed by atoms with van der Waals surface area (Å²) in [4.78, 5) is 18.0. The molecule has 0 radical (unpaired) electrons. The van der Waals surface area contributed by atoms with Crippen LogP contribution in [0.15, 0.2) is 24.3 Å². The van der Waals surface area contributed by atoms with Gasteiger partial charge in [-0.15, -0.1) is 0 Å². The maximum absolute atomic E-state index is 13.1. The van der Waals surface area contributed by atoms with E-state index in [4.69, 9.17) is 14.2 Å². The molecule has 180 valence electrons. The minimum atomic E-state index is -0.0615. The minimum Gasteiger partial charge on any atom is -0.497 e. The Morgan fingerprint density at radius 1 is 1.24 bits per heavy atom. The van der Waals surface area contributed by atoms with Crippen LogP contribution in [0.5, 0.6) is 5.75 Å². The van der Waals surface area contributed by atoms with Crippen molar-refractivity contribution in [1.29, 1.82) is 0 Å². The van der Waals surface area contributed by atoms with Gasteiger partial charge >= 0.3 is 5.97 Å². The number of nitrogens with zero attached hydrogens (tertiary/aromatic N) is 2. The van der Waals surface area contributed by atoms with Gasteiger partial charge in [-0.1, -0.05) is 26.3 Å². The standard InChI is InChI=1S/C27H38N2O4/c1-17-7-6-10-26(3)14-22-23(24-27(17,26)33-24)21(25(30)32-22)16-28-11-12-29(18(2)15-28)19-8-5-9-20(13-19)31-4/h5,8-9,13,17-18,21-24H,6-7,10-12,14-16H2,1-4H3/t17-,18-,21+,22+,23+,24-,26+,27-/m0/s1. The Morgan fingerprint density at radius 3 is 2.88 bits per heavy atom. The van der Waals surface area contributed by atoms with Gasteiger partial charge in [-0.3, -0.25) is 9.69 Å². The van der Waals surface area contributed by atoms with Gasteiger partial charge < -0.3 is 19.1 Å². The molecule has 0 N–H and O–H groups in total. The second-order valence-electron chi connectivity index (χ2n) is 11.6. The maximum Gasteiger partial charge on any atom is 0.311 e. The summed E-state index contributed by atoms with van der Waals surface area (Å²) in [7, 11) is 1.71. The molecule has 5 fully saturated rings. The Kier molecular flexibility index (Phi) is 5.01. The van der Waals surface area contributed by atoms with Gasteiger partial charge in [0.1, 0.15) is 17.5 Å². The van der Waals surface area contributed by atoms with Crippen LogP contribution in [0.1, 0.15) is 46.5 Å². The van der Waals surface area contributed by atoms with Crippen LogP contribution in [-0.4, -0.2) is 68.0 Å². The van der Waals surface area contributed by atoms with E-state index in [1.165, 1.54) is 24.9 Å². The normalized spacial score (nSPS) is 44.5. The summed E-state index contributed by atoms with van der Waals surface area (Å²) in [6.07, 6.45) is 4.91. The number of carbonyl (C=O) groups is 1. The van der Waals surface area contributed by atoms with Crippen LogP contribution in [-0.2, 0) is 14.3 Å². The largest absolute Gasteiger partial charge is 0.497 e. The fourth-order valence-corrected chi connectivity index (χ4v) is 8.09. The van der Waals surface area contributed by atoms with Gasteiger partial charge in [0.25, 0.3) is 0 Å². The number of epoxide rings is 1. The van der Waals surface area contributed by atoms with E-state index in [-0.39, 0.29) is 41.0 Å². The predicted octanol–water partition coefficient (Wildman–Crippen LogP) is 3.73. The van der Waals surface area contributed by atoms with Crippen LogP contribution >= 0.6 is 0 Å². The summed E-state index contributed by atoms with van der Waals surface area (Å²) >= 11 is 0. The Labute approximate surface area is 197 Å². The lowest BCUT2D eigenvalue weighted by atomic mass is 9.53. The lowest BCUT2D eigenvalue weighted by Gasteiger charge is -2.49. The number of rotatable bonds is 4. The molecule has 6 rings (SSSR count). The summed E-state index contributed by atoms with van der Waals surface area (Å²) < 4.78 is 18.1. The number of carbonyl (C=O) groups excluding carboxylic acids is 1. The second-order valence-corrected chi connectivity index (χ2v) is 11.6. The number of ether oxygens (including phenoxy) is 3. The van der Waals surface area contributed by atoms with Crippen LogP contribution in [0, 0.1) is 23.2 Å². The smallest absolute Gasteiger partial charge is 0.311 e. The van der Waals surface area contributed by atoms with Crippen molar-refractivity contribution in [3.63, 3.8) is 0 Å². The number of methoxy groups -OCH3 is 1. The first-order valence-electron chi connectivity index (χ1n) is 12.9. The molecule has 2 saturated carbocycles. The highest BCUT2D eigenvalue weighted by atomic mass is 16.6. The van der Waals surface area contributed by atoms with E-state index in [0.29, 0.717) is 12.0 Å². The second kappa shape index (κ2) is 7.61. The summed E-state index contributed by atoms with van der Waals surface area (Å²) in [5.41, 5.74) is 1.34. The Bertz CT molecular complexity index is 938. The van der Waals surface area contributed by atoms with Crippen LogP contribution in [0.2, 0.25) is 0 Å². The minimum absolute atomic E-state index is 0.00780. The van der Waals surface area contributed by atoms with Crippen LogP contribution in [0.4, 0.5) is 5.69 Å². The lowest BCUT2D eigenvalue weighted by Crippen LogP contribution is -2.56. The average Bonchev–Trinajstić information content (AvgIpc) is 3.48. The Morgan fingerprint density at radius 2 is 2.09 bits per heavy atom. The number of anilines is 1. The van der Waals surface area contributed by atoms with E-state index >= 15 is 0 Å². The monoisotopic (exact) mass is 454 g/mol. The van der Waals surface area contributed by atoms with E-state index < -0.39 is 0 Å². The van der Waals surface area contributed by atoms with Crippen LogP contribution in [0.3, 0.4) is 0 Å². The number of benzene rings is 1. The van der Waals surface area contributed by atoms with Crippen molar-refractivity contribution in [3.05, 3.63) is 24.3 Å². The van der Waals surface area contributed by atoms with Gasteiger partial charge in [-0.25, -0.2) is 0 Å². The van der Waals surface area contributed by atoms with Crippen LogP contribution < -0.4 is 9.64 Å². The molecular formula is C27H38N2O4. The summed E-state index contributed by atoms with van der Waals surface area (Å²) in [5.74, 6) is 1.63. The highest BCUT2D eigenvalue weighted by Gasteiger charge is 2.78. The molecular weight excluding hydrogens is 416 g/mol. The molecule has 3 heterocycles. The van der Waals surface area contributed by atoms with E-state index in [2.05, 4.69) is 48.8 Å². The van der Waals surface area contributed by atoms with Crippen LogP contribution in [0.25, 0.3) is 0 Å². The molecule has 1 aromatic carbocycles. The quantitative estimate of drug-likeness (QED) is 0.510. The Hall–Kier alpha value is -1.79. The number of hydrogen-bond acceptors (Lipinski definition) is 6. The first-order valence-corrected chi connectivity index (χ1v) is 12.9. The third-order valence-corrected chi connectivity index (χ3v) is 9.75. The molecule has 0 amide bonds. The van der Waals surface area contributed by atoms with E-state index in [9.17, 15) is 4.79 Å². The molecule has 1 aromatic rings. The molecule has 8 atom stereocenters. The fraction of sp³-hybridized carbons (Fsp3) is 0.741. The van der Waals surface area contributed by atoms with Crippen molar-refractivity contribution in [2.45, 2.75) is 70.3 Å². The third kappa shape index (κ3) is 3.16. The zero-order valence-corrected chi connectivity index (χ0v) is 20.5. The summed E-state index contributed by atoms with van der Waals surface area (Å²) in [5, 5.41) is 0. The van der Waals surface area contributed by atoms with E-state index in [1.54, 1.807) is 7.11 Å². The maximum atomic E-state index is 13.1. The number of esters is 1. The zero-order valence-electron chi connectivity index (χ0n) is 20.5. The molecule has 3 saturated heterocycles. The predicted molar refractivity (Wildman–Crippen MR) is 126 cm³/mol. The van der Waals surface area contributed by atoms with Gasteiger partial charge in [0, 0.05) is 55.3 Å². The molecule has 2 aliphatic carbocycles. The molecule has 33 heavy (non-hydrogen) atoms. The molecule has 1 spiro atoms. The fourth-order valence-electron chi connectivity index (χ4n) is 8.09. The van der Waals surface area contributed by atoms with Gasteiger partial charge in [0.05, 0.1) is 19.1 Å². The van der Waals surface area contributed by atoms with Gasteiger partial charge in [0.15, 0.2) is 0 Å². The highest BCUT2D eigenvalue weighted by Crippen LogP contribution is 2.70. The van der Waals surface area contributed by atoms with E-state index in [0.717, 1.165) is 38.3 Å². The summed E-state index contributed by atoms with van der Waals surface area (Å²) in [6.45, 7) is 10.7. The van der Waals surface area contributed by atoms with E-state index in [1.807, 2.05) is 6.07 Å². The van der Waals surface area contributed by atoms with Crippen molar-refractivity contribution in [2.75, 3.05) is 38.2 Å². The topological polar surface area (TPSA) is 54.5 Å². The molecule has 5 aliphatic rings. The van der Waals surface area contributed by atoms with Gasteiger partial charge in [0.2, 0.25) is 0 Å². The molecule has 6 nitrogen and oxygen atoms in total. The first-order chi connectivity index (χ1) is 15.9. The third-order valence-electron chi connectivity index (χ3n) is 9.75. The van der Waals surface area contributed by atoms with Crippen molar-refractivity contribution in [2.24, 2.45) is 23.2 Å². The summed E-state index contributed by atoms with van der Waals surface area (Å²) in [6, 6.07) is 8.68. The molecule has 6 heteroatoms. The molecule has 0 bridgehead atoms. The van der Waals surface area contributed by atoms with Gasteiger partial charge in [-0.2, -0.15) is 0 Å². The van der Waals surface area contributed by atoms with Crippen molar-refractivity contribution in [3.8, 4) is 5.75 Å². The zero-order chi connectivity index (χ0) is 23.0. The highest BCUT2D eigenvalue weighted by molar-refractivity contribution is 5.76. The molecule has 0 aromatic heterocycles. The molecule has 0 unspecified atom stereocenters. The Balaban J connectivity index is 1.15. The van der Waals surface area contributed by atoms with Crippen molar-refractivity contribution >= 4 is 11.7 Å². The average molecular weight is 455 g/mol.